The Hall–Kier alpha value is -0.770. The van der Waals surface area contributed by atoms with E-state index in [9.17, 15) is 5.11 Å². The van der Waals surface area contributed by atoms with E-state index < -0.39 is 6.10 Å². The van der Waals surface area contributed by atoms with E-state index in [0.717, 1.165) is 30.0 Å². The second-order valence-corrected chi connectivity index (χ2v) is 7.30. The molecule has 1 saturated heterocycles. The Bertz CT molecular complexity index is 524. The lowest BCUT2D eigenvalue weighted by molar-refractivity contribution is -0.0229. The van der Waals surface area contributed by atoms with Crippen LogP contribution in [-0.4, -0.2) is 35.7 Å². The molecule has 116 valence electrons. The van der Waals surface area contributed by atoms with Crippen LogP contribution in [0.3, 0.4) is 0 Å². The van der Waals surface area contributed by atoms with Crippen molar-refractivity contribution in [2.75, 3.05) is 19.7 Å². The Morgan fingerprint density at radius 3 is 2.57 bits per heavy atom. The third kappa shape index (κ3) is 2.92. The molecule has 1 N–H and O–H groups in total. The maximum absolute atomic E-state index is 10.8. The molecule has 2 heterocycles. The van der Waals surface area contributed by atoms with Gasteiger partial charge in [-0.3, -0.25) is 4.90 Å². The van der Waals surface area contributed by atoms with E-state index in [-0.39, 0.29) is 6.04 Å². The fraction of sp³-hybridized carbons (Fsp3) is 0.647. The maximum Gasteiger partial charge on any atom is 0.128 e. The molecular weight excluding hydrogens is 286 g/mol. The highest BCUT2D eigenvalue weighted by Gasteiger charge is 2.37. The molecule has 0 aromatic heterocycles. The van der Waals surface area contributed by atoms with Gasteiger partial charge in [0, 0.05) is 23.7 Å². The van der Waals surface area contributed by atoms with Gasteiger partial charge in [0.2, 0.25) is 0 Å². The Kier molecular flexibility index (Phi) is 4.17. The summed E-state index contributed by atoms with van der Waals surface area (Å²) in [6.45, 7) is 9.16. The van der Waals surface area contributed by atoms with Crippen LogP contribution in [0.15, 0.2) is 12.1 Å². The summed E-state index contributed by atoms with van der Waals surface area (Å²) in [4.78, 5) is 2.39. The number of piperidine rings is 1. The van der Waals surface area contributed by atoms with Gasteiger partial charge in [0.1, 0.15) is 18.5 Å². The molecule has 0 saturated carbocycles. The summed E-state index contributed by atoms with van der Waals surface area (Å²) in [5.74, 6) is 2.15. The lowest BCUT2D eigenvalue weighted by Crippen LogP contribution is -2.51. The highest BCUT2D eigenvalue weighted by atomic mass is 35.5. The molecule has 21 heavy (non-hydrogen) atoms. The number of aryl methyl sites for hydroxylation is 1. The molecule has 2 aliphatic heterocycles. The van der Waals surface area contributed by atoms with Crippen LogP contribution >= 0.6 is 11.6 Å². The molecule has 0 bridgehead atoms. The summed E-state index contributed by atoms with van der Waals surface area (Å²) in [6.07, 6.45) is 0.741. The lowest BCUT2D eigenvalue weighted by atomic mass is 9.88. The van der Waals surface area contributed by atoms with E-state index in [1.807, 2.05) is 19.1 Å². The number of hydrogen-bond acceptors (Lipinski definition) is 3. The second-order valence-electron chi connectivity index (χ2n) is 6.86. The Morgan fingerprint density at radius 2 is 1.90 bits per heavy atom. The van der Waals surface area contributed by atoms with Crippen molar-refractivity contribution in [1.82, 2.24) is 4.90 Å². The van der Waals surface area contributed by atoms with Crippen molar-refractivity contribution >= 4 is 11.6 Å². The molecular formula is C17H24ClNO2. The van der Waals surface area contributed by atoms with Gasteiger partial charge < -0.3 is 9.84 Å². The standard InChI is InChI=1S/C17H24ClNO2/c1-10-4-11(2)8-19(7-10)15-9-21-17-12(3)5-13(18)6-14(17)16(15)20/h5-6,10-11,15-16,20H,4,7-9H2,1-3H3. The van der Waals surface area contributed by atoms with Gasteiger partial charge in [-0.2, -0.15) is 0 Å². The molecule has 0 radical (unpaired) electrons. The molecule has 1 fully saturated rings. The molecule has 0 amide bonds. The van der Waals surface area contributed by atoms with Crippen LogP contribution in [0.2, 0.25) is 5.02 Å². The normalized spacial score (nSPS) is 33.4. The first kappa shape index (κ1) is 15.1. The van der Waals surface area contributed by atoms with Gasteiger partial charge in [-0.05, 0) is 42.9 Å². The minimum atomic E-state index is -0.524. The van der Waals surface area contributed by atoms with Crippen molar-refractivity contribution in [1.29, 1.82) is 0 Å². The number of aliphatic hydroxyl groups is 1. The third-order valence-electron chi connectivity index (χ3n) is 4.72. The van der Waals surface area contributed by atoms with E-state index >= 15 is 0 Å². The zero-order valence-corrected chi connectivity index (χ0v) is 13.7. The smallest absolute Gasteiger partial charge is 0.128 e. The highest BCUT2D eigenvalue weighted by Crippen LogP contribution is 2.39. The summed E-state index contributed by atoms with van der Waals surface area (Å²) in [7, 11) is 0. The quantitative estimate of drug-likeness (QED) is 0.863. The van der Waals surface area contributed by atoms with Crippen LogP contribution in [0.5, 0.6) is 5.75 Å². The molecule has 2 aliphatic rings. The van der Waals surface area contributed by atoms with E-state index in [1.54, 1.807) is 0 Å². The topological polar surface area (TPSA) is 32.7 Å². The number of aliphatic hydroxyl groups excluding tert-OH is 1. The van der Waals surface area contributed by atoms with Crippen molar-refractivity contribution in [3.8, 4) is 5.75 Å². The zero-order chi connectivity index (χ0) is 15.1. The Labute approximate surface area is 131 Å². The van der Waals surface area contributed by atoms with Crippen LogP contribution in [-0.2, 0) is 0 Å². The van der Waals surface area contributed by atoms with Gasteiger partial charge in [0.25, 0.3) is 0 Å². The van der Waals surface area contributed by atoms with Crippen LogP contribution in [0.1, 0.15) is 37.5 Å². The molecule has 4 heteroatoms. The van der Waals surface area contributed by atoms with Crippen molar-refractivity contribution in [3.63, 3.8) is 0 Å². The predicted octanol–water partition coefficient (Wildman–Crippen LogP) is 3.42. The highest BCUT2D eigenvalue weighted by molar-refractivity contribution is 6.30. The van der Waals surface area contributed by atoms with Gasteiger partial charge in [-0.1, -0.05) is 25.4 Å². The Morgan fingerprint density at radius 1 is 1.24 bits per heavy atom. The van der Waals surface area contributed by atoms with Crippen LogP contribution in [0.25, 0.3) is 0 Å². The number of nitrogens with zero attached hydrogens (tertiary/aromatic N) is 1. The zero-order valence-electron chi connectivity index (χ0n) is 13.0. The van der Waals surface area contributed by atoms with Crippen molar-refractivity contribution in [2.24, 2.45) is 11.8 Å². The van der Waals surface area contributed by atoms with Crippen molar-refractivity contribution in [3.05, 3.63) is 28.3 Å². The first-order chi connectivity index (χ1) is 9.95. The van der Waals surface area contributed by atoms with Crippen LogP contribution in [0, 0.1) is 18.8 Å². The Balaban J connectivity index is 1.86. The fourth-order valence-corrected chi connectivity index (χ4v) is 4.21. The number of halogens is 1. The molecule has 1 aromatic rings. The van der Waals surface area contributed by atoms with Gasteiger partial charge in [0.05, 0.1) is 6.04 Å². The van der Waals surface area contributed by atoms with Crippen molar-refractivity contribution < 1.29 is 9.84 Å². The molecule has 4 atom stereocenters. The van der Waals surface area contributed by atoms with Gasteiger partial charge in [-0.15, -0.1) is 0 Å². The molecule has 1 aromatic carbocycles. The lowest BCUT2D eigenvalue weighted by Gasteiger charge is -2.44. The minimum absolute atomic E-state index is 0.0283. The molecule has 0 spiro atoms. The van der Waals surface area contributed by atoms with Gasteiger partial charge in [-0.25, -0.2) is 0 Å². The average molecular weight is 310 g/mol. The largest absolute Gasteiger partial charge is 0.491 e. The first-order valence-corrected chi connectivity index (χ1v) is 8.18. The van der Waals surface area contributed by atoms with Crippen molar-refractivity contribution in [2.45, 2.75) is 39.3 Å². The van der Waals surface area contributed by atoms with Gasteiger partial charge >= 0.3 is 0 Å². The summed E-state index contributed by atoms with van der Waals surface area (Å²) >= 11 is 6.15. The number of hydrogen-bond donors (Lipinski definition) is 1. The number of rotatable bonds is 1. The van der Waals surface area contributed by atoms with Crippen LogP contribution < -0.4 is 4.74 Å². The molecule has 0 aliphatic carbocycles. The first-order valence-electron chi connectivity index (χ1n) is 7.80. The van der Waals surface area contributed by atoms with E-state index in [1.165, 1.54) is 6.42 Å². The van der Waals surface area contributed by atoms with E-state index in [0.29, 0.717) is 23.5 Å². The molecule has 3 nitrogen and oxygen atoms in total. The van der Waals surface area contributed by atoms with Crippen LogP contribution in [0.4, 0.5) is 0 Å². The van der Waals surface area contributed by atoms with E-state index in [4.69, 9.17) is 16.3 Å². The fourth-order valence-electron chi connectivity index (χ4n) is 3.93. The number of benzene rings is 1. The number of fused-ring (bicyclic) bond motifs is 1. The molecule has 3 rings (SSSR count). The summed E-state index contributed by atoms with van der Waals surface area (Å²) < 4.78 is 5.96. The summed E-state index contributed by atoms with van der Waals surface area (Å²) in [6, 6.07) is 3.76. The average Bonchev–Trinajstić information content (AvgIpc) is 2.38. The van der Waals surface area contributed by atoms with E-state index in [2.05, 4.69) is 18.7 Å². The summed E-state index contributed by atoms with van der Waals surface area (Å²) in [5.41, 5.74) is 1.83. The minimum Gasteiger partial charge on any atom is -0.491 e. The summed E-state index contributed by atoms with van der Waals surface area (Å²) in [5, 5.41) is 11.5. The monoisotopic (exact) mass is 309 g/mol. The third-order valence-corrected chi connectivity index (χ3v) is 4.93. The number of ether oxygens (including phenoxy) is 1. The van der Waals surface area contributed by atoms with Gasteiger partial charge in [0.15, 0.2) is 0 Å². The SMILES string of the molecule is Cc1cc(Cl)cc2c1OCC(N1CC(C)CC(C)C1)C2O. The molecule has 4 unspecified atom stereocenters. The number of likely N-dealkylation sites (tertiary alicyclic amines) is 1. The second kappa shape index (κ2) is 5.79. The maximum atomic E-state index is 10.8. The predicted molar refractivity (Wildman–Crippen MR) is 84.9 cm³/mol.